The van der Waals surface area contributed by atoms with E-state index in [2.05, 4.69) is 15.2 Å². The molecule has 0 bridgehead atoms. The van der Waals surface area contributed by atoms with Gasteiger partial charge in [0.05, 0.1) is 31.6 Å². The SMILES string of the molecule is COc1ccccc1Nc1ncccc1C(=O)N1CCC(CCN2CCOCC2)CC1. The number of benzene rings is 1. The number of amides is 1. The Morgan fingerprint density at radius 2 is 1.90 bits per heavy atom. The van der Waals surface area contributed by atoms with Gasteiger partial charge in [-0.3, -0.25) is 9.69 Å². The predicted octanol–water partition coefficient (Wildman–Crippen LogP) is 3.41. The van der Waals surface area contributed by atoms with Crippen LogP contribution in [0.15, 0.2) is 42.6 Å². The number of hydrogen-bond acceptors (Lipinski definition) is 6. The Balaban J connectivity index is 1.35. The van der Waals surface area contributed by atoms with Crippen LogP contribution in [0.2, 0.25) is 0 Å². The minimum Gasteiger partial charge on any atom is -0.495 e. The van der Waals surface area contributed by atoms with Crippen molar-refractivity contribution in [3.8, 4) is 5.75 Å². The molecule has 0 spiro atoms. The van der Waals surface area contributed by atoms with E-state index < -0.39 is 0 Å². The number of para-hydroxylation sites is 2. The summed E-state index contributed by atoms with van der Waals surface area (Å²) in [5, 5.41) is 3.28. The van der Waals surface area contributed by atoms with Crippen molar-refractivity contribution in [1.29, 1.82) is 0 Å². The average molecular weight is 425 g/mol. The number of likely N-dealkylation sites (tertiary alicyclic amines) is 1. The van der Waals surface area contributed by atoms with Gasteiger partial charge >= 0.3 is 0 Å². The van der Waals surface area contributed by atoms with E-state index in [1.54, 1.807) is 13.3 Å². The number of methoxy groups -OCH3 is 1. The van der Waals surface area contributed by atoms with E-state index in [9.17, 15) is 4.79 Å². The summed E-state index contributed by atoms with van der Waals surface area (Å²) >= 11 is 0. The zero-order chi connectivity index (χ0) is 21.5. The summed E-state index contributed by atoms with van der Waals surface area (Å²) in [4.78, 5) is 22.2. The molecular weight excluding hydrogens is 392 g/mol. The van der Waals surface area contributed by atoms with Crippen molar-refractivity contribution in [3.05, 3.63) is 48.2 Å². The van der Waals surface area contributed by atoms with Crippen LogP contribution in [0, 0.1) is 5.92 Å². The number of carbonyl (C=O) groups excluding carboxylic acids is 1. The molecule has 0 saturated carbocycles. The molecule has 2 fully saturated rings. The summed E-state index contributed by atoms with van der Waals surface area (Å²) in [5.41, 5.74) is 1.39. The lowest BCUT2D eigenvalue weighted by atomic mass is 9.93. The van der Waals surface area contributed by atoms with Crippen molar-refractivity contribution in [1.82, 2.24) is 14.8 Å². The minimum absolute atomic E-state index is 0.0390. The number of rotatable bonds is 7. The zero-order valence-corrected chi connectivity index (χ0v) is 18.3. The van der Waals surface area contributed by atoms with Crippen molar-refractivity contribution in [2.75, 3.05) is 58.4 Å². The number of piperidine rings is 1. The van der Waals surface area contributed by atoms with Gasteiger partial charge in [-0.1, -0.05) is 12.1 Å². The number of aromatic nitrogens is 1. The van der Waals surface area contributed by atoms with Crippen molar-refractivity contribution in [2.45, 2.75) is 19.3 Å². The number of ether oxygens (including phenoxy) is 2. The van der Waals surface area contributed by atoms with Crippen LogP contribution in [0.3, 0.4) is 0 Å². The first-order chi connectivity index (χ1) is 15.2. The molecule has 7 heteroatoms. The fourth-order valence-corrected chi connectivity index (χ4v) is 4.34. The first kappa shape index (κ1) is 21.6. The number of nitrogens with one attached hydrogen (secondary N) is 1. The van der Waals surface area contributed by atoms with Crippen molar-refractivity contribution in [2.24, 2.45) is 5.92 Å². The predicted molar refractivity (Wildman–Crippen MR) is 121 cm³/mol. The molecule has 1 aromatic heterocycles. The van der Waals surface area contributed by atoms with Gasteiger partial charge in [-0.15, -0.1) is 0 Å². The van der Waals surface area contributed by atoms with Gasteiger partial charge in [0.25, 0.3) is 5.91 Å². The number of morpholine rings is 1. The quantitative estimate of drug-likeness (QED) is 0.735. The second-order valence-electron chi connectivity index (χ2n) is 8.20. The molecule has 0 atom stereocenters. The topological polar surface area (TPSA) is 66.9 Å². The van der Waals surface area contributed by atoms with Crippen molar-refractivity contribution < 1.29 is 14.3 Å². The third-order valence-corrected chi connectivity index (χ3v) is 6.26. The average Bonchev–Trinajstić information content (AvgIpc) is 2.84. The first-order valence-electron chi connectivity index (χ1n) is 11.2. The van der Waals surface area contributed by atoms with Crippen LogP contribution in [0.4, 0.5) is 11.5 Å². The van der Waals surface area contributed by atoms with Crippen LogP contribution in [0.25, 0.3) is 0 Å². The Hall–Kier alpha value is -2.64. The summed E-state index contributed by atoms with van der Waals surface area (Å²) in [6.45, 7) is 6.52. The fraction of sp³-hybridized carbons (Fsp3) is 0.500. The second kappa shape index (κ2) is 10.6. The lowest BCUT2D eigenvalue weighted by molar-refractivity contribution is 0.0332. The van der Waals surface area contributed by atoms with Crippen molar-refractivity contribution >= 4 is 17.4 Å². The molecule has 0 unspecified atom stereocenters. The highest BCUT2D eigenvalue weighted by molar-refractivity contribution is 5.99. The molecule has 2 saturated heterocycles. The Morgan fingerprint density at radius 1 is 1.13 bits per heavy atom. The number of nitrogens with zero attached hydrogens (tertiary/aromatic N) is 3. The third-order valence-electron chi connectivity index (χ3n) is 6.26. The molecule has 31 heavy (non-hydrogen) atoms. The molecule has 1 N–H and O–H groups in total. The smallest absolute Gasteiger partial charge is 0.257 e. The van der Waals surface area contributed by atoms with Gasteiger partial charge in [-0.25, -0.2) is 4.98 Å². The van der Waals surface area contributed by atoms with Gasteiger partial charge in [0.15, 0.2) is 0 Å². The molecule has 0 radical (unpaired) electrons. The molecule has 3 heterocycles. The fourth-order valence-electron chi connectivity index (χ4n) is 4.34. The van der Waals surface area contributed by atoms with Gasteiger partial charge in [-0.2, -0.15) is 0 Å². The van der Waals surface area contributed by atoms with Crippen molar-refractivity contribution in [3.63, 3.8) is 0 Å². The number of carbonyl (C=O) groups is 1. The summed E-state index contributed by atoms with van der Waals surface area (Å²) < 4.78 is 10.8. The Bertz CT molecular complexity index is 861. The van der Waals surface area contributed by atoms with E-state index in [1.807, 2.05) is 41.3 Å². The van der Waals surface area contributed by atoms with E-state index in [1.165, 1.54) is 6.42 Å². The highest BCUT2D eigenvalue weighted by Crippen LogP contribution is 2.29. The second-order valence-corrected chi connectivity index (χ2v) is 8.20. The van der Waals surface area contributed by atoms with Gasteiger partial charge in [0, 0.05) is 32.4 Å². The molecule has 2 aromatic rings. The van der Waals surface area contributed by atoms with Gasteiger partial charge in [0.2, 0.25) is 0 Å². The molecule has 2 aliphatic rings. The Morgan fingerprint density at radius 3 is 2.68 bits per heavy atom. The maximum atomic E-state index is 13.3. The number of anilines is 2. The lowest BCUT2D eigenvalue weighted by Crippen LogP contribution is -2.41. The monoisotopic (exact) mass is 424 g/mol. The van der Waals surface area contributed by atoms with Gasteiger partial charge in [-0.05, 0) is 56.0 Å². The van der Waals surface area contributed by atoms with Crippen LogP contribution in [-0.2, 0) is 4.74 Å². The summed E-state index contributed by atoms with van der Waals surface area (Å²) in [6, 6.07) is 11.3. The summed E-state index contributed by atoms with van der Waals surface area (Å²) in [7, 11) is 1.63. The lowest BCUT2D eigenvalue weighted by Gasteiger charge is -2.34. The molecule has 1 amide bonds. The molecule has 4 rings (SSSR count). The van der Waals surface area contributed by atoms with E-state index in [0.717, 1.165) is 64.5 Å². The summed E-state index contributed by atoms with van der Waals surface area (Å²) in [5.74, 6) is 2.00. The van der Waals surface area contributed by atoms with Crippen LogP contribution < -0.4 is 10.1 Å². The minimum atomic E-state index is 0.0390. The first-order valence-corrected chi connectivity index (χ1v) is 11.2. The highest BCUT2D eigenvalue weighted by atomic mass is 16.5. The number of hydrogen-bond donors (Lipinski definition) is 1. The molecule has 7 nitrogen and oxygen atoms in total. The summed E-state index contributed by atoms with van der Waals surface area (Å²) in [6.07, 6.45) is 5.03. The molecule has 166 valence electrons. The van der Waals surface area contributed by atoms with Crippen LogP contribution in [0.1, 0.15) is 29.6 Å². The van der Waals surface area contributed by atoms with E-state index in [0.29, 0.717) is 23.0 Å². The Kier molecular flexibility index (Phi) is 7.38. The Labute approximate surface area is 184 Å². The third kappa shape index (κ3) is 5.54. The highest BCUT2D eigenvalue weighted by Gasteiger charge is 2.26. The maximum Gasteiger partial charge on any atom is 0.257 e. The van der Waals surface area contributed by atoms with E-state index >= 15 is 0 Å². The molecule has 2 aliphatic heterocycles. The zero-order valence-electron chi connectivity index (χ0n) is 18.3. The molecule has 1 aromatic carbocycles. The molecule has 0 aliphatic carbocycles. The van der Waals surface area contributed by atoms with Crippen LogP contribution in [0.5, 0.6) is 5.75 Å². The molecular formula is C24H32N4O3. The van der Waals surface area contributed by atoms with E-state index in [-0.39, 0.29) is 5.91 Å². The number of pyridine rings is 1. The van der Waals surface area contributed by atoms with E-state index in [4.69, 9.17) is 9.47 Å². The largest absolute Gasteiger partial charge is 0.495 e. The van der Waals surface area contributed by atoms with Crippen LogP contribution >= 0.6 is 0 Å². The normalized spacial score (nSPS) is 18.0. The standard InChI is InChI=1S/C24H32N4O3/c1-30-22-7-3-2-6-21(22)26-23-20(5-4-11-25-23)24(29)28-13-9-19(10-14-28)8-12-27-15-17-31-18-16-27/h2-7,11,19H,8-10,12-18H2,1H3,(H,25,26). The van der Waals surface area contributed by atoms with Crippen LogP contribution in [-0.4, -0.2) is 73.7 Å². The maximum absolute atomic E-state index is 13.3. The van der Waals surface area contributed by atoms with Gasteiger partial charge in [0.1, 0.15) is 11.6 Å². The van der Waals surface area contributed by atoms with Gasteiger partial charge < -0.3 is 19.7 Å².